The Bertz CT molecular complexity index is 579. The molecule has 0 amide bonds. The third kappa shape index (κ3) is 1.97. The van der Waals surface area contributed by atoms with Crippen LogP contribution in [-0.4, -0.2) is 46.1 Å². The van der Waals surface area contributed by atoms with Crippen molar-refractivity contribution in [2.75, 3.05) is 31.6 Å². The lowest BCUT2D eigenvalue weighted by Crippen LogP contribution is -2.43. The zero-order chi connectivity index (χ0) is 12.7. The Morgan fingerprint density at radius 3 is 3.21 bits per heavy atom. The van der Waals surface area contributed by atoms with Crippen LogP contribution in [0.4, 0.5) is 5.82 Å². The number of aromatic nitrogens is 3. The van der Waals surface area contributed by atoms with E-state index in [9.17, 15) is 0 Å². The van der Waals surface area contributed by atoms with Gasteiger partial charge >= 0.3 is 0 Å². The number of aromatic amines is 1. The van der Waals surface area contributed by atoms with Crippen LogP contribution in [0.25, 0.3) is 11.0 Å². The quantitative estimate of drug-likeness (QED) is 0.744. The van der Waals surface area contributed by atoms with Crippen molar-refractivity contribution >= 4 is 16.9 Å². The Morgan fingerprint density at radius 2 is 2.21 bits per heavy atom. The summed E-state index contributed by atoms with van der Waals surface area (Å²) in [5.74, 6) is 2.52. The van der Waals surface area contributed by atoms with E-state index < -0.39 is 0 Å². The van der Waals surface area contributed by atoms with Gasteiger partial charge in [-0.2, -0.15) is 0 Å². The van der Waals surface area contributed by atoms with E-state index in [0.29, 0.717) is 0 Å². The summed E-state index contributed by atoms with van der Waals surface area (Å²) in [4.78, 5) is 11.7. The van der Waals surface area contributed by atoms with Crippen molar-refractivity contribution in [1.29, 1.82) is 0 Å². The number of rotatable bonds is 2. The number of fused-ring (bicyclic) bond motifs is 2. The lowest BCUT2D eigenvalue weighted by atomic mass is 9.89. The van der Waals surface area contributed by atoms with Crippen LogP contribution in [0.3, 0.4) is 0 Å². The normalized spacial score (nSPS) is 27.6. The standard InChI is InChI=1S/C13H18N6/c1-3-15-12-11(1)13(17-8-16-12)18-19-4-2-9-5-14-6-10(9)7-19/h1,3,8-10,14H,2,4-7H2,(H2,15,16,17,18). The predicted octanol–water partition coefficient (Wildman–Crippen LogP) is 0.826. The average molecular weight is 258 g/mol. The van der Waals surface area contributed by atoms with Crippen LogP contribution in [0, 0.1) is 11.8 Å². The minimum Gasteiger partial charge on any atom is -0.346 e. The van der Waals surface area contributed by atoms with Crippen molar-refractivity contribution in [3.8, 4) is 0 Å². The zero-order valence-electron chi connectivity index (χ0n) is 10.8. The molecule has 0 aromatic carbocycles. The first kappa shape index (κ1) is 11.2. The van der Waals surface area contributed by atoms with E-state index in [1.165, 1.54) is 13.0 Å². The van der Waals surface area contributed by atoms with Crippen LogP contribution in [0.5, 0.6) is 0 Å². The molecule has 2 aromatic rings. The summed E-state index contributed by atoms with van der Waals surface area (Å²) in [6, 6.07) is 2.02. The maximum absolute atomic E-state index is 4.36. The van der Waals surface area contributed by atoms with Crippen LogP contribution in [0.15, 0.2) is 18.6 Å². The summed E-state index contributed by atoms with van der Waals surface area (Å²) in [6.07, 6.45) is 4.76. The molecule has 4 rings (SSSR count). The van der Waals surface area contributed by atoms with E-state index in [-0.39, 0.29) is 0 Å². The molecule has 6 nitrogen and oxygen atoms in total. The lowest BCUT2D eigenvalue weighted by molar-refractivity contribution is 0.176. The number of nitrogens with one attached hydrogen (secondary N) is 3. The number of hydrazine groups is 1. The summed E-state index contributed by atoms with van der Waals surface area (Å²) in [6.45, 7) is 4.51. The van der Waals surface area contributed by atoms with E-state index in [1.807, 2.05) is 12.3 Å². The molecule has 2 aliphatic heterocycles. The summed E-state index contributed by atoms with van der Waals surface area (Å²) in [5, 5.41) is 6.83. The predicted molar refractivity (Wildman–Crippen MR) is 73.6 cm³/mol. The molecule has 2 saturated heterocycles. The summed E-state index contributed by atoms with van der Waals surface area (Å²) in [7, 11) is 0. The third-order valence-corrected chi connectivity index (χ3v) is 4.32. The molecular weight excluding hydrogens is 240 g/mol. The minimum atomic E-state index is 0.768. The second kappa shape index (κ2) is 4.47. The van der Waals surface area contributed by atoms with E-state index in [4.69, 9.17) is 0 Å². The van der Waals surface area contributed by atoms with Crippen LogP contribution in [0.1, 0.15) is 6.42 Å². The van der Waals surface area contributed by atoms with Gasteiger partial charge in [0, 0.05) is 19.3 Å². The number of piperidine rings is 1. The van der Waals surface area contributed by atoms with E-state index in [0.717, 1.165) is 48.3 Å². The molecule has 2 atom stereocenters. The second-order valence-corrected chi connectivity index (χ2v) is 5.49. The first-order valence-corrected chi connectivity index (χ1v) is 6.90. The number of hydrogen-bond donors (Lipinski definition) is 3. The van der Waals surface area contributed by atoms with Crippen molar-refractivity contribution in [3.63, 3.8) is 0 Å². The number of anilines is 1. The average Bonchev–Trinajstić information content (AvgIpc) is 3.06. The van der Waals surface area contributed by atoms with Gasteiger partial charge in [-0.3, -0.25) is 0 Å². The molecule has 0 spiro atoms. The smallest absolute Gasteiger partial charge is 0.153 e. The van der Waals surface area contributed by atoms with Gasteiger partial charge in [-0.05, 0) is 37.4 Å². The molecule has 2 aliphatic rings. The maximum Gasteiger partial charge on any atom is 0.153 e. The lowest BCUT2D eigenvalue weighted by Gasteiger charge is -2.34. The minimum absolute atomic E-state index is 0.768. The molecular formula is C13H18N6. The molecule has 3 N–H and O–H groups in total. The maximum atomic E-state index is 4.36. The molecule has 100 valence electrons. The summed E-state index contributed by atoms with van der Waals surface area (Å²) in [5.41, 5.74) is 4.34. The van der Waals surface area contributed by atoms with Crippen LogP contribution in [-0.2, 0) is 0 Å². The fourth-order valence-electron chi connectivity index (χ4n) is 3.25. The van der Waals surface area contributed by atoms with E-state index in [2.05, 4.69) is 30.7 Å². The Morgan fingerprint density at radius 1 is 1.26 bits per heavy atom. The van der Waals surface area contributed by atoms with Gasteiger partial charge in [-0.25, -0.2) is 15.0 Å². The molecule has 0 saturated carbocycles. The first-order valence-electron chi connectivity index (χ1n) is 6.90. The molecule has 0 aliphatic carbocycles. The summed E-state index contributed by atoms with van der Waals surface area (Å²) >= 11 is 0. The molecule has 0 radical (unpaired) electrons. The fraction of sp³-hybridized carbons (Fsp3) is 0.538. The Hall–Kier alpha value is -1.66. The van der Waals surface area contributed by atoms with Crippen LogP contribution < -0.4 is 10.7 Å². The van der Waals surface area contributed by atoms with Crippen molar-refractivity contribution in [2.45, 2.75) is 6.42 Å². The topological polar surface area (TPSA) is 68.9 Å². The Labute approximate surface area is 111 Å². The highest BCUT2D eigenvalue weighted by molar-refractivity contribution is 5.86. The van der Waals surface area contributed by atoms with E-state index in [1.54, 1.807) is 6.33 Å². The Kier molecular flexibility index (Phi) is 2.63. The SMILES string of the molecule is c1nc(NN2CCC3CNCC3C2)c2cc[nH]c2n1. The van der Waals surface area contributed by atoms with Crippen molar-refractivity contribution in [2.24, 2.45) is 11.8 Å². The Balaban J connectivity index is 1.53. The molecule has 2 fully saturated rings. The molecule has 19 heavy (non-hydrogen) atoms. The van der Waals surface area contributed by atoms with Gasteiger partial charge in [0.15, 0.2) is 5.82 Å². The third-order valence-electron chi connectivity index (χ3n) is 4.32. The van der Waals surface area contributed by atoms with Crippen molar-refractivity contribution in [3.05, 3.63) is 18.6 Å². The molecule has 4 heterocycles. The van der Waals surface area contributed by atoms with E-state index >= 15 is 0 Å². The van der Waals surface area contributed by atoms with Crippen molar-refractivity contribution in [1.82, 2.24) is 25.3 Å². The number of H-pyrrole nitrogens is 1. The monoisotopic (exact) mass is 258 g/mol. The summed E-state index contributed by atoms with van der Waals surface area (Å²) < 4.78 is 0. The number of hydrogen-bond acceptors (Lipinski definition) is 5. The van der Waals surface area contributed by atoms with Crippen LogP contribution in [0.2, 0.25) is 0 Å². The molecule has 0 bridgehead atoms. The van der Waals surface area contributed by atoms with Gasteiger partial charge in [-0.15, -0.1) is 0 Å². The van der Waals surface area contributed by atoms with Gasteiger partial charge in [0.05, 0.1) is 5.39 Å². The highest BCUT2D eigenvalue weighted by Gasteiger charge is 2.32. The molecule has 2 unspecified atom stereocenters. The zero-order valence-corrected chi connectivity index (χ0v) is 10.8. The second-order valence-electron chi connectivity index (χ2n) is 5.49. The van der Waals surface area contributed by atoms with Gasteiger partial charge in [-0.1, -0.05) is 0 Å². The largest absolute Gasteiger partial charge is 0.346 e. The van der Waals surface area contributed by atoms with Gasteiger partial charge in [0.1, 0.15) is 12.0 Å². The highest BCUT2D eigenvalue weighted by Crippen LogP contribution is 2.27. The molecule has 2 aromatic heterocycles. The van der Waals surface area contributed by atoms with Crippen LogP contribution >= 0.6 is 0 Å². The van der Waals surface area contributed by atoms with Gasteiger partial charge in [0.25, 0.3) is 0 Å². The molecule has 6 heteroatoms. The first-order chi connectivity index (χ1) is 9.40. The fourth-order valence-corrected chi connectivity index (χ4v) is 3.25. The highest BCUT2D eigenvalue weighted by atomic mass is 15.5. The van der Waals surface area contributed by atoms with Gasteiger partial charge < -0.3 is 15.7 Å². The van der Waals surface area contributed by atoms with Crippen molar-refractivity contribution < 1.29 is 0 Å². The number of nitrogens with zero attached hydrogens (tertiary/aromatic N) is 3. The van der Waals surface area contributed by atoms with Gasteiger partial charge in [0.2, 0.25) is 0 Å².